The molecule has 1 aliphatic rings. The maximum atomic E-state index is 13.3. The van der Waals surface area contributed by atoms with E-state index in [4.69, 9.17) is 4.74 Å². The molecule has 1 aromatic carbocycles. The first-order valence-electron chi connectivity index (χ1n) is 11.1. The lowest BCUT2D eigenvalue weighted by Gasteiger charge is -2.38. The van der Waals surface area contributed by atoms with Gasteiger partial charge in [-0.25, -0.2) is 8.42 Å². The molecule has 1 aliphatic heterocycles. The number of aromatic nitrogens is 1. The van der Waals surface area contributed by atoms with Gasteiger partial charge in [0.15, 0.2) is 0 Å². The number of benzene rings is 1. The fraction of sp³-hybridized carbons (Fsp3) is 0.375. The van der Waals surface area contributed by atoms with Crippen molar-refractivity contribution in [2.75, 3.05) is 22.7 Å². The molecule has 1 fully saturated rings. The first kappa shape index (κ1) is 23.5. The lowest BCUT2D eigenvalue weighted by atomic mass is 10.1. The first-order chi connectivity index (χ1) is 15.7. The van der Waals surface area contributed by atoms with Crippen LogP contribution in [0.25, 0.3) is 10.6 Å². The van der Waals surface area contributed by atoms with Crippen LogP contribution in [0.2, 0.25) is 0 Å². The van der Waals surface area contributed by atoms with Crippen molar-refractivity contribution in [3.05, 3.63) is 54.7 Å². The van der Waals surface area contributed by atoms with Crippen LogP contribution in [0.3, 0.4) is 0 Å². The summed E-state index contributed by atoms with van der Waals surface area (Å²) in [7, 11) is -3.80. The number of ether oxygens (including phenoxy) is 1. The summed E-state index contributed by atoms with van der Waals surface area (Å²) in [5, 5.41) is 3.52. The molecule has 2 N–H and O–H groups in total. The zero-order chi connectivity index (χ0) is 23.6. The highest BCUT2D eigenvalue weighted by Crippen LogP contribution is 2.35. The third kappa shape index (κ3) is 5.66. The van der Waals surface area contributed by atoms with Crippen molar-refractivity contribution < 1.29 is 13.2 Å². The van der Waals surface area contributed by atoms with E-state index in [2.05, 4.69) is 33.8 Å². The second-order valence-corrected chi connectivity index (χ2v) is 11.7. The van der Waals surface area contributed by atoms with Crippen LogP contribution in [0.1, 0.15) is 27.7 Å². The summed E-state index contributed by atoms with van der Waals surface area (Å²) in [6.07, 6.45) is 1.61. The van der Waals surface area contributed by atoms with Gasteiger partial charge in [-0.2, -0.15) is 0 Å². The fourth-order valence-corrected chi connectivity index (χ4v) is 6.34. The summed E-state index contributed by atoms with van der Waals surface area (Å²) in [6, 6.07) is 15.4. The Bertz CT molecular complexity index is 1190. The van der Waals surface area contributed by atoms with Crippen LogP contribution < -0.4 is 19.7 Å². The molecule has 176 valence electrons. The van der Waals surface area contributed by atoms with Crippen LogP contribution in [0.15, 0.2) is 58.9 Å². The quantitative estimate of drug-likeness (QED) is 0.508. The molecule has 0 spiro atoms. The molecular weight excluding hydrogens is 456 g/mol. The average Bonchev–Trinajstić information content (AvgIpc) is 3.26. The van der Waals surface area contributed by atoms with Crippen molar-refractivity contribution >= 4 is 32.7 Å². The van der Waals surface area contributed by atoms with Gasteiger partial charge in [0, 0.05) is 37.1 Å². The molecular formula is C24H30N4O3S2. The number of sulfonamides is 1. The van der Waals surface area contributed by atoms with E-state index in [0.29, 0.717) is 23.5 Å². The van der Waals surface area contributed by atoms with Crippen LogP contribution >= 0.6 is 11.3 Å². The topological polar surface area (TPSA) is 83.6 Å². The first-order valence-corrected chi connectivity index (χ1v) is 13.4. The normalized spacial score (nSPS) is 19.0. The summed E-state index contributed by atoms with van der Waals surface area (Å²) in [4.78, 5) is 7.38. The highest BCUT2D eigenvalue weighted by atomic mass is 32.2. The Morgan fingerprint density at radius 2 is 1.88 bits per heavy atom. The Morgan fingerprint density at radius 1 is 1.12 bits per heavy atom. The third-order valence-corrected chi connectivity index (χ3v) is 8.22. The largest absolute Gasteiger partial charge is 0.489 e. The average molecular weight is 487 g/mol. The van der Waals surface area contributed by atoms with Crippen molar-refractivity contribution in [3.63, 3.8) is 0 Å². The number of rotatable bonds is 7. The van der Waals surface area contributed by atoms with Crippen LogP contribution in [0, 0.1) is 0 Å². The Morgan fingerprint density at radius 3 is 2.55 bits per heavy atom. The van der Waals surface area contributed by atoms with Gasteiger partial charge in [-0.1, -0.05) is 6.07 Å². The van der Waals surface area contributed by atoms with Crippen LogP contribution in [0.4, 0.5) is 11.4 Å². The van der Waals surface area contributed by atoms with Gasteiger partial charge in [0.2, 0.25) is 0 Å². The van der Waals surface area contributed by atoms with E-state index in [9.17, 15) is 8.42 Å². The van der Waals surface area contributed by atoms with Crippen molar-refractivity contribution in [1.29, 1.82) is 0 Å². The lowest BCUT2D eigenvalue weighted by molar-refractivity contribution is 0.244. The number of thiophene rings is 1. The van der Waals surface area contributed by atoms with E-state index in [1.807, 2.05) is 50.2 Å². The number of hydrogen-bond donors (Lipinski definition) is 2. The maximum absolute atomic E-state index is 13.3. The van der Waals surface area contributed by atoms with Crippen LogP contribution in [0.5, 0.6) is 5.75 Å². The van der Waals surface area contributed by atoms with Crippen molar-refractivity contribution in [2.45, 2.75) is 50.1 Å². The zero-order valence-corrected chi connectivity index (χ0v) is 20.9. The highest BCUT2D eigenvalue weighted by Gasteiger charge is 2.24. The van der Waals surface area contributed by atoms with Gasteiger partial charge < -0.3 is 15.0 Å². The number of anilines is 2. The van der Waals surface area contributed by atoms with E-state index < -0.39 is 10.0 Å². The number of piperazine rings is 1. The van der Waals surface area contributed by atoms with Gasteiger partial charge in [-0.15, -0.1) is 11.3 Å². The SMILES string of the molecule is CC(C)Oc1ccc(N2C[C@@H](C)N[C@@H](C)C2)cc1NS(=O)(=O)c1ccc(-c2ccccn2)s1. The molecule has 0 radical (unpaired) electrons. The summed E-state index contributed by atoms with van der Waals surface area (Å²) in [5.41, 5.74) is 2.15. The molecule has 2 atom stereocenters. The minimum atomic E-state index is -3.80. The van der Waals surface area contributed by atoms with Crippen LogP contribution in [-0.4, -0.2) is 44.7 Å². The van der Waals surface area contributed by atoms with Gasteiger partial charge in [-0.3, -0.25) is 9.71 Å². The molecule has 9 heteroatoms. The minimum Gasteiger partial charge on any atom is -0.489 e. The third-order valence-electron chi connectivity index (χ3n) is 5.26. The van der Waals surface area contributed by atoms with Crippen molar-refractivity contribution in [2.24, 2.45) is 0 Å². The predicted molar refractivity (Wildman–Crippen MR) is 135 cm³/mol. The second kappa shape index (κ2) is 9.70. The number of hydrogen-bond acceptors (Lipinski definition) is 7. The summed E-state index contributed by atoms with van der Waals surface area (Å²) in [5.74, 6) is 0.509. The van der Waals surface area contributed by atoms with Crippen molar-refractivity contribution in [1.82, 2.24) is 10.3 Å². The number of pyridine rings is 1. The molecule has 0 bridgehead atoms. The van der Waals surface area contributed by atoms with E-state index >= 15 is 0 Å². The standard InChI is InChI=1S/C24H30N4O3S2/c1-16(2)31-22-9-8-19(28-14-17(3)26-18(4)15-28)13-21(22)27-33(29,30)24-11-10-23(32-24)20-7-5-6-12-25-20/h5-13,16-18,26-27H,14-15H2,1-4H3/t17-,18+. The van der Waals surface area contributed by atoms with Gasteiger partial charge in [-0.05, 0) is 70.2 Å². The molecule has 2 aromatic heterocycles. The van der Waals surface area contributed by atoms with E-state index in [1.165, 1.54) is 11.3 Å². The van der Waals surface area contributed by atoms with Gasteiger partial charge in [0.25, 0.3) is 10.0 Å². The number of nitrogens with zero attached hydrogens (tertiary/aromatic N) is 2. The van der Waals surface area contributed by atoms with E-state index in [-0.39, 0.29) is 10.3 Å². The minimum absolute atomic E-state index is 0.0872. The Kier molecular flexibility index (Phi) is 6.92. The van der Waals surface area contributed by atoms with Gasteiger partial charge in [0.1, 0.15) is 9.96 Å². The highest BCUT2D eigenvalue weighted by molar-refractivity contribution is 7.94. The van der Waals surface area contributed by atoms with Gasteiger partial charge >= 0.3 is 0 Å². The maximum Gasteiger partial charge on any atom is 0.271 e. The lowest BCUT2D eigenvalue weighted by Crippen LogP contribution is -2.54. The monoisotopic (exact) mass is 486 g/mol. The molecule has 7 nitrogen and oxygen atoms in total. The summed E-state index contributed by atoms with van der Waals surface area (Å²) >= 11 is 1.19. The Hall–Kier alpha value is -2.62. The molecule has 33 heavy (non-hydrogen) atoms. The molecule has 3 aromatic rings. The van der Waals surface area contributed by atoms with Crippen LogP contribution in [-0.2, 0) is 10.0 Å². The summed E-state index contributed by atoms with van der Waals surface area (Å²) < 4.78 is 35.5. The number of nitrogens with one attached hydrogen (secondary N) is 2. The second-order valence-electron chi connectivity index (χ2n) is 8.66. The summed E-state index contributed by atoms with van der Waals surface area (Å²) in [6.45, 7) is 9.84. The van der Waals surface area contributed by atoms with E-state index in [1.54, 1.807) is 18.3 Å². The molecule has 3 heterocycles. The molecule has 0 saturated carbocycles. The zero-order valence-electron chi connectivity index (χ0n) is 19.3. The smallest absolute Gasteiger partial charge is 0.271 e. The molecule has 1 saturated heterocycles. The van der Waals surface area contributed by atoms with Crippen molar-refractivity contribution in [3.8, 4) is 16.3 Å². The fourth-order valence-electron chi connectivity index (χ4n) is 3.99. The molecule has 0 unspecified atom stereocenters. The van der Waals surface area contributed by atoms with Gasteiger partial charge in [0.05, 0.1) is 22.4 Å². The molecule has 0 aliphatic carbocycles. The Labute approximate surface area is 199 Å². The van der Waals surface area contributed by atoms with E-state index in [0.717, 1.165) is 29.3 Å². The molecule has 4 rings (SSSR count). The predicted octanol–water partition coefficient (Wildman–Crippen LogP) is 4.58. The molecule has 0 amide bonds. The Balaban J connectivity index is 1.64.